The fraction of sp³-hybridized carbons (Fsp3) is 0.385. The number of para-hydroxylation sites is 1. The summed E-state index contributed by atoms with van der Waals surface area (Å²) in [6, 6.07) is 5.68. The second-order valence-corrected chi connectivity index (χ2v) is 4.51. The molecule has 0 radical (unpaired) electrons. The summed E-state index contributed by atoms with van der Waals surface area (Å²) in [5.41, 5.74) is -0.251. The summed E-state index contributed by atoms with van der Waals surface area (Å²) >= 11 is 0. The highest BCUT2D eigenvalue weighted by Crippen LogP contribution is 2.19. The molecule has 1 rings (SSSR count). The molecule has 0 aliphatic rings. The molecule has 1 aromatic rings. The summed E-state index contributed by atoms with van der Waals surface area (Å²) < 4.78 is 0. The monoisotopic (exact) mass is 249 g/mol. The second-order valence-electron chi connectivity index (χ2n) is 4.51. The lowest BCUT2D eigenvalue weighted by Gasteiger charge is -2.04. The minimum Gasteiger partial charge on any atom is -0.299 e. The van der Waals surface area contributed by atoms with Crippen molar-refractivity contribution in [1.82, 2.24) is 0 Å². The van der Waals surface area contributed by atoms with Crippen molar-refractivity contribution in [2.75, 3.05) is 0 Å². The molecule has 0 aliphatic heterocycles. The molecule has 0 saturated heterocycles. The average molecular weight is 249 g/mol. The molecule has 0 bridgehead atoms. The molecule has 18 heavy (non-hydrogen) atoms. The molecule has 0 spiro atoms. The van der Waals surface area contributed by atoms with E-state index in [-0.39, 0.29) is 29.4 Å². The van der Waals surface area contributed by atoms with Gasteiger partial charge in [-0.3, -0.25) is 19.7 Å². The maximum absolute atomic E-state index is 11.8. The maximum atomic E-state index is 11.8. The van der Waals surface area contributed by atoms with Crippen molar-refractivity contribution >= 4 is 17.3 Å². The smallest absolute Gasteiger partial charge is 0.280 e. The molecule has 5 heteroatoms. The molecule has 0 unspecified atom stereocenters. The summed E-state index contributed by atoms with van der Waals surface area (Å²) in [5.74, 6) is -0.503. The Morgan fingerprint density at radius 2 is 1.89 bits per heavy atom. The van der Waals surface area contributed by atoms with Crippen LogP contribution in [0, 0.1) is 16.0 Å². The SMILES string of the molecule is CC(C)CC(=O)CC(=O)c1ccccc1[N+](=O)[O-]. The van der Waals surface area contributed by atoms with Gasteiger partial charge in [0, 0.05) is 12.5 Å². The van der Waals surface area contributed by atoms with E-state index in [1.165, 1.54) is 18.2 Å². The number of nitro benzene ring substituents is 1. The number of rotatable bonds is 6. The van der Waals surface area contributed by atoms with Gasteiger partial charge in [-0.2, -0.15) is 0 Å². The van der Waals surface area contributed by atoms with Gasteiger partial charge in [0.05, 0.1) is 16.9 Å². The van der Waals surface area contributed by atoms with Crippen molar-refractivity contribution in [2.45, 2.75) is 26.7 Å². The molecule has 0 atom stereocenters. The largest absolute Gasteiger partial charge is 0.299 e. The Kier molecular flexibility index (Phi) is 4.71. The molecular weight excluding hydrogens is 234 g/mol. The van der Waals surface area contributed by atoms with Crippen LogP contribution < -0.4 is 0 Å². The first-order chi connectivity index (χ1) is 8.41. The highest BCUT2D eigenvalue weighted by Gasteiger charge is 2.21. The molecule has 0 aliphatic carbocycles. The van der Waals surface area contributed by atoms with Gasteiger partial charge in [-0.1, -0.05) is 26.0 Å². The van der Waals surface area contributed by atoms with Crippen LogP contribution >= 0.6 is 0 Å². The standard InChI is InChI=1S/C13H15NO4/c1-9(2)7-10(15)8-13(16)11-5-3-4-6-12(11)14(17)18/h3-6,9H,7-8H2,1-2H3. The van der Waals surface area contributed by atoms with Crippen LogP contribution in [0.25, 0.3) is 0 Å². The normalized spacial score (nSPS) is 10.4. The quantitative estimate of drug-likeness (QED) is 0.336. The number of carbonyl (C=O) groups is 2. The van der Waals surface area contributed by atoms with Gasteiger partial charge in [0.15, 0.2) is 5.78 Å². The van der Waals surface area contributed by atoms with Gasteiger partial charge in [0.2, 0.25) is 0 Å². The lowest BCUT2D eigenvalue weighted by atomic mass is 9.99. The predicted molar refractivity (Wildman–Crippen MR) is 66.5 cm³/mol. The van der Waals surface area contributed by atoms with E-state index in [1.54, 1.807) is 6.07 Å². The van der Waals surface area contributed by atoms with E-state index in [9.17, 15) is 19.7 Å². The van der Waals surface area contributed by atoms with Gasteiger partial charge in [-0.15, -0.1) is 0 Å². The Bertz CT molecular complexity index is 480. The van der Waals surface area contributed by atoms with Crippen LogP contribution in [0.3, 0.4) is 0 Å². The first-order valence-corrected chi connectivity index (χ1v) is 5.70. The van der Waals surface area contributed by atoms with E-state index in [0.29, 0.717) is 6.42 Å². The van der Waals surface area contributed by atoms with Gasteiger partial charge in [0.25, 0.3) is 5.69 Å². The first kappa shape index (κ1) is 14.0. The van der Waals surface area contributed by atoms with Gasteiger partial charge >= 0.3 is 0 Å². The van der Waals surface area contributed by atoms with Crippen LogP contribution in [0.2, 0.25) is 0 Å². The number of nitro groups is 1. The van der Waals surface area contributed by atoms with E-state index in [1.807, 2.05) is 13.8 Å². The van der Waals surface area contributed by atoms with Gasteiger partial charge in [-0.05, 0) is 12.0 Å². The van der Waals surface area contributed by atoms with Crippen molar-refractivity contribution in [3.8, 4) is 0 Å². The topological polar surface area (TPSA) is 77.3 Å². The Balaban J connectivity index is 2.85. The molecule has 0 heterocycles. The van der Waals surface area contributed by atoms with E-state index >= 15 is 0 Å². The lowest BCUT2D eigenvalue weighted by Crippen LogP contribution is -2.11. The van der Waals surface area contributed by atoms with Gasteiger partial charge < -0.3 is 0 Å². The maximum Gasteiger partial charge on any atom is 0.280 e. The number of carbonyl (C=O) groups excluding carboxylic acids is 2. The lowest BCUT2D eigenvalue weighted by molar-refractivity contribution is -0.385. The molecule has 0 aromatic heterocycles. The van der Waals surface area contributed by atoms with Gasteiger partial charge in [0.1, 0.15) is 5.78 Å². The van der Waals surface area contributed by atoms with E-state index < -0.39 is 10.7 Å². The molecule has 0 fully saturated rings. The molecule has 0 saturated carbocycles. The van der Waals surface area contributed by atoms with Crippen molar-refractivity contribution in [2.24, 2.45) is 5.92 Å². The number of Topliss-reactive ketones (excluding diaryl/α,β-unsaturated/α-hetero) is 2. The van der Waals surface area contributed by atoms with Crippen LogP contribution in [-0.4, -0.2) is 16.5 Å². The molecule has 96 valence electrons. The average Bonchev–Trinajstić information content (AvgIpc) is 2.27. The molecule has 0 N–H and O–H groups in total. The minimum atomic E-state index is -0.611. The van der Waals surface area contributed by atoms with Crippen LogP contribution in [-0.2, 0) is 4.79 Å². The highest BCUT2D eigenvalue weighted by atomic mass is 16.6. The Morgan fingerprint density at radius 1 is 1.28 bits per heavy atom. The first-order valence-electron chi connectivity index (χ1n) is 5.70. The Morgan fingerprint density at radius 3 is 2.44 bits per heavy atom. The summed E-state index contributed by atoms with van der Waals surface area (Å²) in [7, 11) is 0. The summed E-state index contributed by atoms with van der Waals surface area (Å²) in [5, 5.41) is 10.8. The van der Waals surface area contributed by atoms with Crippen LogP contribution in [0.5, 0.6) is 0 Å². The van der Waals surface area contributed by atoms with Crippen molar-refractivity contribution in [1.29, 1.82) is 0 Å². The van der Waals surface area contributed by atoms with Crippen LogP contribution in [0.1, 0.15) is 37.0 Å². The zero-order valence-electron chi connectivity index (χ0n) is 10.4. The number of hydrogen-bond donors (Lipinski definition) is 0. The van der Waals surface area contributed by atoms with Gasteiger partial charge in [-0.25, -0.2) is 0 Å². The molecule has 5 nitrogen and oxygen atoms in total. The predicted octanol–water partition coefficient (Wildman–Crippen LogP) is 2.78. The fourth-order valence-corrected chi connectivity index (χ4v) is 1.67. The Hall–Kier alpha value is -2.04. The fourth-order valence-electron chi connectivity index (χ4n) is 1.67. The Labute approximate surface area is 105 Å². The third kappa shape index (κ3) is 3.76. The van der Waals surface area contributed by atoms with E-state index in [0.717, 1.165) is 0 Å². The number of benzene rings is 1. The number of nitrogens with zero attached hydrogens (tertiary/aromatic N) is 1. The second kappa shape index (κ2) is 6.05. The zero-order chi connectivity index (χ0) is 13.7. The molecule has 0 amide bonds. The van der Waals surface area contributed by atoms with Crippen molar-refractivity contribution < 1.29 is 14.5 Å². The van der Waals surface area contributed by atoms with Crippen molar-refractivity contribution in [3.63, 3.8) is 0 Å². The minimum absolute atomic E-state index is 0.000365. The molecular formula is C13H15NO4. The highest BCUT2D eigenvalue weighted by molar-refractivity contribution is 6.09. The van der Waals surface area contributed by atoms with Crippen LogP contribution in [0.15, 0.2) is 24.3 Å². The summed E-state index contributed by atoms with van der Waals surface area (Å²) in [6.45, 7) is 3.76. The van der Waals surface area contributed by atoms with Crippen molar-refractivity contribution in [3.05, 3.63) is 39.9 Å². The summed E-state index contributed by atoms with van der Waals surface area (Å²) in [6.07, 6.45) is 0.0371. The number of hydrogen-bond acceptors (Lipinski definition) is 4. The van der Waals surface area contributed by atoms with Crippen LogP contribution in [0.4, 0.5) is 5.69 Å². The van der Waals surface area contributed by atoms with E-state index in [2.05, 4.69) is 0 Å². The zero-order valence-corrected chi connectivity index (χ0v) is 10.4. The third-order valence-corrected chi connectivity index (χ3v) is 2.39. The third-order valence-electron chi connectivity index (χ3n) is 2.39. The molecule has 1 aromatic carbocycles. The summed E-state index contributed by atoms with van der Waals surface area (Å²) in [4.78, 5) is 33.5. The van der Waals surface area contributed by atoms with E-state index in [4.69, 9.17) is 0 Å². The number of ketones is 2.